The minimum Gasteiger partial charge on any atom is -0.497 e. The summed E-state index contributed by atoms with van der Waals surface area (Å²) in [6.45, 7) is 1.59. The zero-order chi connectivity index (χ0) is 12.3. The molecule has 1 unspecified atom stereocenters. The second kappa shape index (κ2) is 5.19. The predicted octanol–water partition coefficient (Wildman–Crippen LogP) is 1.19. The summed E-state index contributed by atoms with van der Waals surface area (Å²) in [5.41, 5.74) is 1.10. The second-order valence-electron chi connectivity index (χ2n) is 4.30. The molecule has 1 aliphatic rings. The van der Waals surface area contributed by atoms with Crippen LogP contribution in [0.1, 0.15) is 18.0 Å². The lowest BCUT2D eigenvalue weighted by Gasteiger charge is -2.16. The number of benzene rings is 1. The Morgan fingerprint density at radius 1 is 1.47 bits per heavy atom. The van der Waals surface area contributed by atoms with Crippen LogP contribution in [-0.4, -0.2) is 38.1 Å². The van der Waals surface area contributed by atoms with Gasteiger partial charge in [0, 0.05) is 32.6 Å². The molecule has 1 aromatic rings. The highest BCUT2D eigenvalue weighted by Gasteiger charge is 2.21. The van der Waals surface area contributed by atoms with Crippen molar-refractivity contribution in [1.29, 1.82) is 0 Å². The van der Waals surface area contributed by atoms with E-state index in [0.717, 1.165) is 24.4 Å². The number of carbonyl (C=O) groups excluding carboxylic acids is 1. The van der Waals surface area contributed by atoms with E-state index in [1.807, 2.05) is 31.3 Å². The summed E-state index contributed by atoms with van der Waals surface area (Å²) in [5, 5.41) is 3.39. The molecule has 1 heterocycles. The fourth-order valence-corrected chi connectivity index (χ4v) is 2.03. The van der Waals surface area contributed by atoms with Gasteiger partial charge in [-0.1, -0.05) is 12.1 Å². The fraction of sp³-hybridized carbons (Fsp3) is 0.462. The maximum Gasteiger partial charge on any atom is 0.224 e. The number of nitrogens with zero attached hydrogens (tertiary/aromatic N) is 1. The lowest BCUT2D eigenvalue weighted by atomic mass is 10.0. The largest absolute Gasteiger partial charge is 0.497 e. The van der Waals surface area contributed by atoms with Crippen LogP contribution >= 0.6 is 0 Å². The number of methoxy groups -OCH3 is 1. The number of hydrogen-bond donors (Lipinski definition) is 1. The van der Waals surface area contributed by atoms with Crippen molar-refractivity contribution < 1.29 is 9.53 Å². The third-order valence-electron chi connectivity index (χ3n) is 3.14. The Morgan fingerprint density at radius 2 is 2.29 bits per heavy atom. The van der Waals surface area contributed by atoms with Crippen molar-refractivity contribution in [2.75, 3.05) is 27.2 Å². The first kappa shape index (κ1) is 11.9. The molecule has 1 atom stereocenters. The fourth-order valence-electron chi connectivity index (χ4n) is 2.03. The van der Waals surface area contributed by atoms with Gasteiger partial charge in [-0.15, -0.1) is 0 Å². The van der Waals surface area contributed by atoms with Crippen molar-refractivity contribution in [3.8, 4) is 5.75 Å². The van der Waals surface area contributed by atoms with Crippen LogP contribution in [0.25, 0.3) is 0 Å². The van der Waals surface area contributed by atoms with Crippen LogP contribution in [0.4, 0.5) is 0 Å². The molecule has 1 fully saturated rings. The Kier molecular flexibility index (Phi) is 3.64. The van der Waals surface area contributed by atoms with Crippen molar-refractivity contribution in [1.82, 2.24) is 10.2 Å². The van der Waals surface area contributed by atoms with Gasteiger partial charge in [0.25, 0.3) is 0 Å². The van der Waals surface area contributed by atoms with Gasteiger partial charge in [-0.3, -0.25) is 4.79 Å². The van der Waals surface area contributed by atoms with E-state index in [-0.39, 0.29) is 11.9 Å². The zero-order valence-corrected chi connectivity index (χ0v) is 10.3. The van der Waals surface area contributed by atoms with E-state index in [1.165, 1.54) is 0 Å². The van der Waals surface area contributed by atoms with Crippen molar-refractivity contribution >= 4 is 5.91 Å². The highest BCUT2D eigenvalue weighted by molar-refractivity contribution is 5.77. The van der Waals surface area contributed by atoms with Crippen LogP contribution in [0.15, 0.2) is 24.3 Å². The van der Waals surface area contributed by atoms with Gasteiger partial charge in [0.05, 0.1) is 7.11 Å². The highest BCUT2D eigenvalue weighted by atomic mass is 16.5. The van der Waals surface area contributed by atoms with Crippen molar-refractivity contribution in [2.45, 2.75) is 12.5 Å². The molecular formula is C13H18N2O2. The molecule has 4 heteroatoms. The van der Waals surface area contributed by atoms with E-state index in [1.54, 1.807) is 12.0 Å². The molecule has 17 heavy (non-hydrogen) atoms. The summed E-state index contributed by atoms with van der Waals surface area (Å²) in [6, 6.07) is 7.96. The Balaban J connectivity index is 2.17. The standard InChI is InChI=1S/C13H18N2O2/c1-15-7-6-14-12(9-13(15)16)10-4-3-5-11(8-10)17-2/h3-5,8,12,14H,6-7,9H2,1-2H3. The second-order valence-corrected chi connectivity index (χ2v) is 4.30. The molecule has 0 aromatic heterocycles. The van der Waals surface area contributed by atoms with Crippen molar-refractivity contribution in [2.24, 2.45) is 0 Å². The highest BCUT2D eigenvalue weighted by Crippen LogP contribution is 2.23. The molecule has 1 N–H and O–H groups in total. The molecule has 1 saturated heterocycles. The summed E-state index contributed by atoms with van der Waals surface area (Å²) < 4.78 is 5.20. The number of amides is 1. The van der Waals surface area contributed by atoms with Crippen LogP contribution in [-0.2, 0) is 4.79 Å². The number of rotatable bonds is 2. The first-order chi connectivity index (χ1) is 8.20. The van der Waals surface area contributed by atoms with Gasteiger partial charge in [-0.05, 0) is 17.7 Å². The number of carbonyl (C=O) groups is 1. The minimum absolute atomic E-state index is 0.0857. The molecule has 0 spiro atoms. The SMILES string of the molecule is COc1cccc(C2CC(=O)N(C)CCN2)c1. The molecule has 1 aromatic carbocycles. The molecule has 92 valence electrons. The predicted molar refractivity (Wildman–Crippen MR) is 66.0 cm³/mol. The summed E-state index contributed by atoms with van der Waals surface area (Å²) in [7, 11) is 3.50. The third kappa shape index (κ3) is 2.77. The van der Waals surface area contributed by atoms with E-state index in [9.17, 15) is 4.79 Å². The zero-order valence-electron chi connectivity index (χ0n) is 10.3. The lowest BCUT2D eigenvalue weighted by molar-refractivity contribution is -0.129. The monoisotopic (exact) mass is 234 g/mol. The van der Waals surface area contributed by atoms with Gasteiger partial charge in [0.2, 0.25) is 5.91 Å². The molecule has 1 aliphatic heterocycles. The van der Waals surface area contributed by atoms with Gasteiger partial charge in [0.15, 0.2) is 0 Å². The molecule has 0 saturated carbocycles. The Morgan fingerprint density at radius 3 is 3.06 bits per heavy atom. The smallest absolute Gasteiger partial charge is 0.224 e. The molecular weight excluding hydrogens is 216 g/mol. The van der Waals surface area contributed by atoms with E-state index >= 15 is 0 Å². The molecule has 2 rings (SSSR count). The van der Waals surface area contributed by atoms with Gasteiger partial charge in [-0.2, -0.15) is 0 Å². The number of nitrogens with one attached hydrogen (secondary N) is 1. The topological polar surface area (TPSA) is 41.6 Å². The first-order valence-corrected chi connectivity index (χ1v) is 5.82. The summed E-state index contributed by atoms with van der Waals surface area (Å²) in [6.07, 6.45) is 0.504. The average molecular weight is 234 g/mol. The van der Waals surface area contributed by atoms with Crippen LogP contribution in [0.5, 0.6) is 5.75 Å². The molecule has 0 bridgehead atoms. The number of likely N-dealkylation sites (N-methyl/N-ethyl adjacent to an activating group) is 1. The summed E-state index contributed by atoms with van der Waals surface area (Å²) in [5.74, 6) is 1.01. The van der Waals surface area contributed by atoms with Gasteiger partial charge < -0.3 is 15.0 Å². The summed E-state index contributed by atoms with van der Waals surface area (Å²) >= 11 is 0. The third-order valence-corrected chi connectivity index (χ3v) is 3.14. The van der Waals surface area contributed by atoms with Gasteiger partial charge in [-0.25, -0.2) is 0 Å². The summed E-state index contributed by atoms with van der Waals surface area (Å²) in [4.78, 5) is 13.6. The van der Waals surface area contributed by atoms with E-state index in [4.69, 9.17) is 4.74 Å². The maximum atomic E-state index is 11.8. The average Bonchev–Trinajstić information content (AvgIpc) is 2.52. The van der Waals surface area contributed by atoms with Crippen molar-refractivity contribution in [3.63, 3.8) is 0 Å². The van der Waals surface area contributed by atoms with Crippen LogP contribution in [0, 0.1) is 0 Å². The Bertz CT molecular complexity index is 406. The Hall–Kier alpha value is -1.55. The van der Waals surface area contributed by atoms with Crippen LogP contribution in [0.3, 0.4) is 0 Å². The van der Waals surface area contributed by atoms with Gasteiger partial charge in [0.1, 0.15) is 5.75 Å². The molecule has 4 nitrogen and oxygen atoms in total. The van der Waals surface area contributed by atoms with E-state index in [2.05, 4.69) is 5.32 Å². The van der Waals surface area contributed by atoms with Crippen LogP contribution in [0.2, 0.25) is 0 Å². The van der Waals surface area contributed by atoms with E-state index < -0.39 is 0 Å². The molecule has 0 radical (unpaired) electrons. The van der Waals surface area contributed by atoms with E-state index in [0.29, 0.717) is 6.42 Å². The molecule has 1 amide bonds. The normalized spacial score (nSPS) is 21.2. The minimum atomic E-state index is 0.0857. The quantitative estimate of drug-likeness (QED) is 0.835. The van der Waals surface area contributed by atoms with Crippen molar-refractivity contribution in [3.05, 3.63) is 29.8 Å². The number of hydrogen-bond acceptors (Lipinski definition) is 3. The Labute approximate surface area is 102 Å². The van der Waals surface area contributed by atoms with Crippen LogP contribution < -0.4 is 10.1 Å². The number of ether oxygens (including phenoxy) is 1. The molecule has 0 aliphatic carbocycles. The lowest BCUT2D eigenvalue weighted by Crippen LogP contribution is -2.27. The maximum absolute atomic E-state index is 11.8. The van der Waals surface area contributed by atoms with Gasteiger partial charge >= 0.3 is 0 Å². The first-order valence-electron chi connectivity index (χ1n) is 5.82.